The lowest BCUT2D eigenvalue weighted by Gasteiger charge is -2.10. The highest BCUT2D eigenvalue weighted by molar-refractivity contribution is 7.92. The lowest BCUT2D eigenvalue weighted by molar-refractivity contribution is 0.0696. The van der Waals surface area contributed by atoms with Gasteiger partial charge in [0.2, 0.25) is 0 Å². The van der Waals surface area contributed by atoms with E-state index in [1.165, 1.54) is 12.1 Å². The molecule has 6 nitrogen and oxygen atoms in total. The zero-order valence-electron chi connectivity index (χ0n) is 10.4. The van der Waals surface area contributed by atoms with Crippen LogP contribution < -0.4 is 4.72 Å². The van der Waals surface area contributed by atoms with E-state index in [1.54, 1.807) is 0 Å². The van der Waals surface area contributed by atoms with E-state index >= 15 is 0 Å². The molecule has 0 aliphatic rings. The molecule has 0 bridgehead atoms. The average molecular weight is 311 g/mol. The minimum atomic E-state index is -4.23. The minimum absolute atomic E-state index is 0.207. The molecule has 0 aliphatic heterocycles. The fourth-order valence-corrected chi connectivity index (χ4v) is 2.77. The Morgan fingerprint density at radius 3 is 2.38 bits per heavy atom. The van der Waals surface area contributed by atoms with Crippen molar-refractivity contribution in [3.05, 3.63) is 53.8 Å². The van der Waals surface area contributed by atoms with Gasteiger partial charge in [0.1, 0.15) is 16.5 Å². The van der Waals surface area contributed by atoms with Crippen molar-refractivity contribution in [2.45, 2.75) is 4.90 Å². The van der Waals surface area contributed by atoms with E-state index in [9.17, 15) is 22.7 Å². The van der Waals surface area contributed by atoms with Crippen LogP contribution in [-0.2, 0) is 10.0 Å². The van der Waals surface area contributed by atoms with Gasteiger partial charge in [0.25, 0.3) is 10.0 Å². The molecule has 0 saturated heterocycles. The second-order valence-corrected chi connectivity index (χ2v) is 5.72. The number of aromatic carboxylic acids is 1. The van der Waals surface area contributed by atoms with Crippen LogP contribution >= 0.6 is 0 Å². The summed E-state index contributed by atoms with van der Waals surface area (Å²) in [5, 5.41) is 18.4. The zero-order valence-corrected chi connectivity index (χ0v) is 11.3. The lowest BCUT2D eigenvalue weighted by Crippen LogP contribution is -2.14. The van der Waals surface area contributed by atoms with Crippen LogP contribution in [-0.4, -0.2) is 24.6 Å². The van der Waals surface area contributed by atoms with Crippen molar-refractivity contribution in [2.75, 3.05) is 4.72 Å². The first kappa shape index (κ1) is 14.8. The van der Waals surface area contributed by atoms with Gasteiger partial charge in [0.05, 0.1) is 11.3 Å². The molecule has 2 aromatic carbocycles. The molecule has 2 rings (SSSR count). The number of phenolic OH excluding ortho intramolecular Hbond substituents is 1. The second-order valence-electron chi connectivity index (χ2n) is 4.07. The molecule has 0 fully saturated rings. The number of rotatable bonds is 4. The molecule has 0 unspecified atom stereocenters. The summed E-state index contributed by atoms with van der Waals surface area (Å²) in [7, 11) is -4.23. The standard InChI is InChI=1S/C13H10FNO5S/c14-9-3-1-2-4-12(9)21(19,20)15-10-6-5-8(13(17)18)7-11(10)16/h1-7,15-16H,(H,17,18). The number of hydrogen-bond donors (Lipinski definition) is 3. The van der Waals surface area contributed by atoms with Crippen LogP contribution in [0.25, 0.3) is 0 Å². The summed E-state index contributed by atoms with van der Waals surface area (Å²) < 4.78 is 39.5. The number of benzene rings is 2. The average Bonchev–Trinajstić information content (AvgIpc) is 2.41. The van der Waals surface area contributed by atoms with Gasteiger partial charge < -0.3 is 10.2 Å². The van der Waals surface area contributed by atoms with Gasteiger partial charge in [-0.1, -0.05) is 12.1 Å². The van der Waals surface area contributed by atoms with Gasteiger partial charge in [-0.3, -0.25) is 4.72 Å². The topological polar surface area (TPSA) is 104 Å². The Morgan fingerprint density at radius 1 is 1.14 bits per heavy atom. The number of hydrogen-bond acceptors (Lipinski definition) is 4. The third-order valence-corrected chi connectivity index (χ3v) is 4.01. The maximum absolute atomic E-state index is 13.5. The number of carbonyl (C=O) groups is 1. The summed E-state index contributed by atoms with van der Waals surface area (Å²) in [5.41, 5.74) is -0.454. The van der Waals surface area contributed by atoms with Gasteiger partial charge in [0, 0.05) is 0 Å². The number of aromatic hydroxyl groups is 1. The molecule has 0 amide bonds. The van der Waals surface area contributed by atoms with Crippen molar-refractivity contribution < 1.29 is 27.8 Å². The van der Waals surface area contributed by atoms with Gasteiger partial charge in [-0.2, -0.15) is 0 Å². The van der Waals surface area contributed by atoms with Crippen LogP contribution in [0.2, 0.25) is 0 Å². The Labute approximate surface area is 119 Å². The molecule has 0 saturated carbocycles. The molecule has 8 heteroatoms. The maximum Gasteiger partial charge on any atom is 0.335 e. The number of halogens is 1. The molecule has 21 heavy (non-hydrogen) atoms. The van der Waals surface area contributed by atoms with Crippen molar-refractivity contribution in [2.24, 2.45) is 0 Å². The molecule has 0 spiro atoms. The lowest BCUT2D eigenvalue weighted by atomic mass is 10.2. The van der Waals surface area contributed by atoms with Crippen LogP contribution in [0.3, 0.4) is 0 Å². The van der Waals surface area contributed by atoms with Crippen molar-refractivity contribution >= 4 is 21.7 Å². The summed E-state index contributed by atoms with van der Waals surface area (Å²) in [6.07, 6.45) is 0. The molecule has 0 heterocycles. The van der Waals surface area contributed by atoms with Gasteiger partial charge >= 0.3 is 5.97 Å². The molecule has 0 atom stereocenters. The predicted molar refractivity (Wildman–Crippen MR) is 72.3 cm³/mol. The molecule has 110 valence electrons. The van der Waals surface area contributed by atoms with Crippen molar-refractivity contribution in [1.82, 2.24) is 0 Å². The van der Waals surface area contributed by atoms with Crippen LogP contribution in [0, 0.1) is 5.82 Å². The summed E-state index contributed by atoms with van der Waals surface area (Å²) in [6.45, 7) is 0. The first-order valence-corrected chi connectivity index (χ1v) is 7.13. The molecular weight excluding hydrogens is 301 g/mol. The Kier molecular flexibility index (Phi) is 3.81. The second kappa shape index (κ2) is 5.41. The number of carboxylic acid groups (broad SMARTS) is 1. The van der Waals surface area contributed by atoms with Crippen LogP contribution in [0.4, 0.5) is 10.1 Å². The van der Waals surface area contributed by atoms with E-state index in [0.717, 1.165) is 30.3 Å². The highest BCUT2D eigenvalue weighted by Crippen LogP contribution is 2.27. The molecule has 3 N–H and O–H groups in total. The van der Waals surface area contributed by atoms with Crippen molar-refractivity contribution in [1.29, 1.82) is 0 Å². The summed E-state index contributed by atoms with van der Waals surface area (Å²) >= 11 is 0. The zero-order chi connectivity index (χ0) is 15.6. The fourth-order valence-electron chi connectivity index (χ4n) is 1.61. The van der Waals surface area contributed by atoms with E-state index in [-0.39, 0.29) is 11.3 Å². The highest BCUT2D eigenvalue weighted by atomic mass is 32.2. The van der Waals surface area contributed by atoms with Crippen molar-refractivity contribution in [3.63, 3.8) is 0 Å². The summed E-state index contributed by atoms with van der Waals surface area (Å²) in [6, 6.07) is 7.83. The molecule has 2 aromatic rings. The van der Waals surface area contributed by atoms with Crippen molar-refractivity contribution in [3.8, 4) is 5.75 Å². The molecule has 0 radical (unpaired) electrons. The number of sulfonamides is 1. The Hall–Kier alpha value is -2.61. The number of nitrogens with one attached hydrogen (secondary N) is 1. The Morgan fingerprint density at radius 2 is 1.81 bits per heavy atom. The van der Waals surface area contributed by atoms with E-state index in [4.69, 9.17) is 5.11 Å². The van der Waals surface area contributed by atoms with E-state index in [0.29, 0.717) is 0 Å². The number of anilines is 1. The van der Waals surface area contributed by atoms with E-state index in [2.05, 4.69) is 0 Å². The monoisotopic (exact) mass is 311 g/mol. The number of phenols is 1. The molecule has 0 aliphatic carbocycles. The van der Waals surface area contributed by atoms with Crippen LogP contribution in [0.15, 0.2) is 47.4 Å². The largest absolute Gasteiger partial charge is 0.506 e. The third kappa shape index (κ3) is 3.11. The van der Waals surface area contributed by atoms with E-state index < -0.39 is 32.5 Å². The summed E-state index contributed by atoms with van der Waals surface area (Å²) in [4.78, 5) is 10.1. The third-order valence-electron chi connectivity index (χ3n) is 2.62. The van der Waals surface area contributed by atoms with Gasteiger partial charge in [-0.15, -0.1) is 0 Å². The minimum Gasteiger partial charge on any atom is -0.506 e. The van der Waals surface area contributed by atoms with Crippen LogP contribution in [0.5, 0.6) is 5.75 Å². The van der Waals surface area contributed by atoms with E-state index in [1.807, 2.05) is 4.72 Å². The van der Waals surface area contributed by atoms with Gasteiger partial charge in [-0.05, 0) is 30.3 Å². The quantitative estimate of drug-likeness (QED) is 0.750. The molecular formula is C13H10FNO5S. The Bertz CT molecular complexity index is 804. The summed E-state index contributed by atoms with van der Waals surface area (Å²) in [5.74, 6) is -2.78. The number of carboxylic acids is 1. The SMILES string of the molecule is O=C(O)c1ccc(NS(=O)(=O)c2ccccc2F)c(O)c1. The van der Waals surface area contributed by atoms with Crippen LogP contribution in [0.1, 0.15) is 10.4 Å². The predicted octanol–water partition coefficient (Wildman–Crippen LogP) is 2.03. The highest BCUT2D eigenvalue weighted by Gasteiger charge is 2.20. The first-order valence-electron chi connectivity index (χ1n) is 5.65. The normalized spacial score (nSPS) is 11.1. The maximum atomic E-state index is 13.5. The fraction of sp³-hybridized carbons (Fsp3) is 0. The smallest absolute Gasteiger partial charge is 0.335 e. The first-order chi connectivity index (χ1) is 9.81. The molecule has 0 aromatic heterocycles. The van der Waals surface area contributed by atoms with Gasteiger partial charge in [-0.25, -0.2) is 17.6 Å². The van der Waals surface area contributed by atoms with Gasteiger partial charge in [0.15, 0.2) is 0 Å². The Balaban J connectivity index is 2.38.